The predicted octanol–water partition coefficient (Wildman–Crippen LogP) is 9.96. The van der Waals surface area contributed by atoms with Gasteiger partial charge < -0.3 is 29.3 Å². The molecule has 0 radical (unpaired) electrons. The second-order valence-electron chi connectivity index (χ2n) is 18.3. The van der Waals surface area contributed by atoms with Gasteiger partial charge in [-0.15, -0.1) is 11.3 Å². The van der Waals surface area contributed by atoms with E-state index in [1.807, 2.05) is 60.0 Å². The van der Waals surface area contributed by atoms with Crippen LogP contribution in [-0.2, 0) is 29.8 Å². The Morgan fingerprint density at radius 1 is 0.952 bits per heavy atom. The van der Waals surface area contributed by atoms with E-state index >= 15 is 0 Å². The van der Waals surface area contributed by atoms with Gasteiger partial charge >= 0.3 is 5.97 Å². The third-order valence-electron chi connectivity index (χ3n) is 13.5. The number of thiazole rings is 1. The first-order chi connectivity index (χ1) is 29.9. The number of carbonyl (C=O) groups excluding carboxylic acids is 3. The molecule has 2 saturated heterocycles. The number of hydrogen-bond donors (Lipinski definition) is 2. The molecule has 4 aliphatic rings. The molecule has 4 fully saturated rings. The summed E-state index contributed by atoms with van der Waals surface area (Å²) in [6.45, 7) is 4.23. The maximum atomic E-state index is 15.0. The maximum absolute atomic E-state index is 15.0. The Bertz CT molecular complexity index is 2280. The van der Waals surface area contributed by atoms with Crippen LogP contribution in [0.3, 0.4) is 0 Å². The van der Waals surface area contributed by atoms with Crippen LogP contribution in [0.4, 0.5) is 5.13 Å². The fraction of sp³-hybridized carbons (Fsp3) is 0.562. The molecule has 0 bridgehead atoms. The molecule has 2 aromatic heterocycles. The lowest BCUT2D eigenvalue weighted by atomic mass is 9.94. The van der Waals surface area contributed by atoms with Gasteiger partial charge in [-0.2, -0.15) is 0 Å². The van der Waals surface area contributed by atoms with E-state index in [0.717, 1.165) is 80.3 Å². The average Bonchev–Trinajstić information content (AvgIpc) is 3.66. The first-order valence-corrected chi connectivity index (χ1v) is 25.4. The number of esters is 1. The molecule has 1 amide bonds. The summed E-state index contributed by atoms with van der Waals surface area (Å²) < 4.78 is 32.9. The molecule has 6 atom stereocenters. The number of nitrogens with zero attached hydrogens (tertiary/aromatic N) is 3. The molecule has 2 aliphatic heterocycles. The SMILES string of the molecule is COc1ccc2c(O[C@@H]3C[C@H]4C(=O)C[C@]5(P(=O)(O)Cc6ccccc6)C[C@@H]5CCCCCCC[C@H](CC(=O)OC5CCCC5)C(=O)N4C3)cc(-c3csc(NC(C)C)n3)nc2c1. The Kier molecular flexibility index (Phi) is 13.7. The number of ketones is 1. The summed E-state index contributed by atoms with van der Waals surface area (Å²) in [4.78, 5) is 66.8. The number of ether oxygens (including phenoxy) is 3. The number of benzene rings is 2. The molecule has 2 N–H and O–H groups in total. The fourth-order valence-corrected chi connectivity index (χ4v) is 13.5. The zero-order valence-electron chi connectivity index (χ0n) is 36.3. The number of methoxy groups -OCH3 is 1. The molecule has 8 rings (SSSR count). The molecule has 2 aliphatic carbocycles. The van der Waals surface area contributed by atoms with Gasteiger partial charge in [0, 0.05) is 47.7 Å². The Labute approximate surface area is 369 Å². The van der Waals surface area contributed by atoms with Gasteiger partial charge in [-0.05, 0) is 82.4 Å². The number of rotatable bonds is 12. The van der Waals surface area contributed by atoms with Gasteiger partial charge in [0.1, 0.15) is 29.4 Å². The summed E-state index contributed by atoms with van der Waals surface area (Å²) >= 11 is 1.49. The van der Waals surface area contributed by atoms with E-state index < -0.39 is 30.6 Å². The van der Waals surface area contributed by atoms with Gasteiger partial charge in [-0.3, -0.25) is 18.9 Å². The standard InChI is InChI=1S/C48H61N4O8PS/c1-31(2)49-47-51-41(30-62-47)40-25-44(38-21-20-36(58-3)23-39(38)50-40)59-37-24-42-43(53)27-48(61(56,57)29-32-14-8-7-9-15-32)26-34(48)17-11-6-4-5-10-16-33(46(55)52(42)28-37)22-45(54)60-35-18-12-13-19-35/h7-9,14-15,20-21,23,25,30-31,33-35,37,42H,4-6,10-13,16-19,22,24,26-29H2,1-3H3,(H,49,51)(H,56,57)/t33-,34+,37-,42+,48-/m1/s1. The van der Waals surface area contributed by atoms with Crippen molar-refractivity contribution in [3.05, 3.63) is 65.5 Å². The zero-order chi connectivity index (χ0) is 43.4. The van der Waals surface area contributed by atoms with Gasteiger partial charge in [-0.25, -0.2) is 9.97 Å². The minimum atomic E-state index is -3.88. The lowest BCUT2D eigenvalue weighted by molar-refractivity contribution is -0.154. The molecule has 4 heterocycles. The smallest absolute Gasteiger partial charge is 0.306 e. The van der Waals surface area contributed by atoms with Crippen molar-refractivity contribution < 1.29 is 38.1 Å². The van der Waals surface area contributed by atoms with Gasteiger partial charge in [0.05, 0.1) is 48.6 Å². The van der Waals surface area contributed by atoms with Crippen LogP contribution in [0.5, 0.6) is 11.5 Å². The molecule has 332 valence electrons. The third-order valence-corrected chi connectivity index (χ3v) is 17.1. The van der Waals surface area contributed by atoms with E-state index in [0.29, 0.717) is 41.2 Å². The van der Waals surface area contributed by atoms with Crippen LogP contribution < -0.4 is 14.8 Å². The third kappa shape index (κ3) is 10.1. The number of amides is 1. The van der Waals surface area contributed by atoms with Crippen LogP contribution in [0.25, 0.3) is 22.3 Å². The van der Waals surface area contributed by atoms with E-state index in [2.05, 4.69) is 19.2 Å². The highest BCUT2D eigenvalue weighted by atomic mass is 32.1. The molecule has 0 spiro atoms. The van der Waals surface area contributed by atoms with Crippen LogP contribution in [0.15, 0.2) is 60.0 Å². The van der Waals surface area contributed by atoms with Crippen LogP contribution in [-0.4, -0.2) is 80.5 Å². The van der Waals surface area contributed by atoms with E-state index in [9.17, 15) is 23.8 Å². The number of nitrogens with one attached hydrogen (secondary N) is 1. The monoisotopic (exact) mass is 884 g/mol. The number of aromatic nitrogens is 2. The minimum Gasteiger partial charge on any atom is -0.497 e. The van der Waals surface area contributed by atoms with Crippen molar-refractivity contribution in [2.45, 2.75) is 146 Å². The minimum absolute atomic E-state index is 0.00189. The summed E-state index contributed by atoms with van der Waals surface area (Å²) in [5, 5.41) is 5.77. The summed E-state index contributed by atoms with van der Waals surface area (Å²) in [5.74, 6) is -0.402. The second kappa shape index (κ2) is 19.2. The fourth-order valence-electron chi connectivity index (χ4n) is 10.1. The van der Waals surface area contributed by atoms with Crippen LogP contribution in [0, 0.1) is 11.8 Å². The summed E-state index contributed by atoms with van der Waals surface area (Å²) in [7, 11) is -2.28. The zero-order valence-corrected chi connectivity index (χ0v) is 38.0. The largest absolute Gasteiger partial charge is 0.497 e. The van der Waals surface area contributed by atoms with Crippen molar-refractivity contribution in [1.82, 2.24) is 14.9 Å². The van der Waals surface area contributed by atoms with Gasteiger partial charge in [0.25, 0.3) is 0 Å². The molecule has 2 saturated carbocycles. The van der Waals surface area contributed by atoms with Crippen molar-refractivity contribution in [3.8, 4) is 22.9 Å². The van der Waals surface area contributed by atoms with Crippen molar-refractivity contribution in [3.63, 3.8) is 0 Å². The van der Waals surface area contributed by atoms with E-state index in [1.54, 1.807) is 12.0 Å². The molecule has 62 heavy (non-hydrogen) atoms. The molecular formula is C48H61N4O8PS. The lowest BCUT2D eigenvalue weighted by Crippen LogP contribution is -2.45. The molecule has 4 aromatic rings. The number of pyridine rings is 1. The number of Topliss-reactive ketones (excluding diaryl/α,β-unsaturated/α-hetero) is 1. The van der Waals surface area contributed by atoms with Gasteiger partial charge in [0.15, 0.2) is 10.9 Å². The predicted molar refractivity (Wildman–Crippen MR) is 242 cm³/mol. The average molecular weight is 885 g/mol. The Balaban J connectivity index is 1.12. The molecular weight excluding hydrogens is 824 g/mol. The van der Waals surface area contributed by atoms with E-state index in [4.69, 9.17) is 24.2 Å². The van der Waals surface area contributed by atoms with Gasteiger partial charge in [0.2, 0.25) is 13.3 Å². The second-order valence-corrected chi connectivity index (χ2v) is 21.8. The van der Waals surface area contributed by atoms with Crippen molar-refractivity contribution in [1.29, 1.82) is 0 Å². The molecule has 1 unspecified atom stereocenters. The number of anilines is 1. The highest BCUT2D eigenvalue weighted by molar-refractivity contribution is 7.59. The Morgan fingerprint density at radius 2 is 1.69 bits per heavy atom. The van der Waals surface area contributed by atoms with Crippen molar-refractivity contribution in [2.75, 3.05) is 19.0 Å². The van der Waals surface area contributed by atoms with Gasteiger partial charge in [-0.1, -0.05) is 62.4 Å². The van der Waals surface area contributed by atoms with E-state index in [-0.39, 0.29) is 67.7 Å². The summed E-state index contributed by atoms with van der Waals surface area (Å²) in [6.07, 6.45) is 9.43. The molecule has 2 aromatic carbocycles. The topological polar surface area (TPSA) is 157 Å². The highest BCUT2D eigenvalue weighted by Crippen LogP contribution is 2.75. The highest BCUT2D eigenvalue weighted by Gasteiger charge is 2.65. The first kappa shape index (κ1) is 44.3. The normalized spacial score (nSPS) is 26.0. The van der Waals surface area contributed by atoms with E-state index in [1.165, 1.54) is 11.3 Å². The van der Waals surface area contributed by atoms with Crippen LogP contribution in [0.1, 0.15) is 116 Å². The van der Waals surface area contributed by atoms with Crippen molar-refractivity contribution in [2.24, 2.45) is 11.8 Å². The molecule has 12 nitrogen and oxygen atoms in total. The molecule has 14 heteroatoms. The van der Waals surface area contributed by atoms with Crippen LogP contribution >= 0.6 is 18.7 Å². The first-order valence-electron chi connectivity index (χ1n) is 22.7. The summed E-state index contributed by atoms with van der Waals surface area (Å²) in [6, 6.07) is 16.1. The number of carbonyl (C=O) groups is 3. The summed E-state index contributed by atoms with van der Waals surface area (Å²) in [5.41, 5.74) is 2.70. The Morgan fingerprint density at radius 3 is 2.45 bits per heavy atom. The Hall–Kier alpha value is -4.32. The number of hydrogen-bond acceptors (Lipinski definition) is 11. The number of fused-ring (bicyclic) bond motifs is 3. The maximum Gasteiger partial charge on any atom is 0.306 e. The van der Waals surface area contributed by atoms with Crippen LogP contribution in [0.2, 0.25) is 0 Å². The lowest BCUT2D eigenvalue weighted by Gasteiger charge is -2.30. The van der Waals surface area contributed by atoms with Crippen molar-refractivity contribution >= 4 is 52.4 Å². The quantitative estimate of drug-likeness (QED) is 0.103.